The number of rotatable bonds is 6. The molecule has 2 rings (SSSR count). The van der Waals surface area contributed by atoms with Gasteiger partial charge in [0, 0.05) is 29.9 Å². The topological polar surface area (TPSA) is 87.3 Å². The lowest BCUT2D eigenvalue weighted by molar-refractivity contribution is -0.121. The first kappa shape index (κ1) is 19.2. The van der Waals surface area contributed by atoms with Crippen molar-refractivity contribution in [1.29, 1.82) is 0 Å². The lowest BCUT2D eigenvalue weighted by Gasteiger charge is -2.10. The molecule has 0 saturated carbocycles. The summed E-state index contributed by atoms with van der Waals surface area (Å²) >= 11 is 0. The Bertz CT molecular complexity index is 798. The highest BCUT2D eigenvalue weighted by Crippen LogP contribution is 2.15. The predicted molar refractivity (Wildman–Crippen MR) is 102 cm³/mol. The Hall–Kier alpha value is -3.15. The number of carbonyl (C=O) groups excluding carboxylic acids is 3. The highest BCUT2D eigenvalue weighted by Gasteiger charge is 2.09. The van der Waals surface area contributed by atoms with E-state index < -0.39 is 0 Å². The van der Waals surface area contributed by atoms with Crippen LogP contribution in [0.15, 0.2) is 48.5 Å². The Kier molecular flexibility index (Phi) is 6.49. The monoisotopic (exact) mass is 353 g/mol. The molecule has 0 unspecified atom stereocenters. The molecule has 0 atom stereocenters. The van der Waals surface area contributed by atoms with Gasteiger partial charge >= 0.3 is 0 Å². The number of nitrogens with one attached hydrogen (secondary N) is 3. The van der Waals surface area contributed by atoms with Crippen molar-refractivity contribution in [2.75, 3.05) is 10.6 Å². The Morgan fingerprint density at radius 3 is 2.23 bits per heavy atom. The molecule has 0 aliphatic rings. The molecule has 0 aliphatic heterocycles. The number of hydrogen-bond donors (Lipinski definition) is 3. The molecule has 0 spiro atoms. The minimum Gasteiger partial charge on any atom is -0.354 e. The molecule has 2 aromatic rings. The quantitative estimate of drug-likeness (QED) is 0.746. The third kappa shape index (κ3) is 6.05. The summed E-state index contributed by atoms with van der Waals surface area (Å²) in [5.41, 5.74) is 2.51. The van der Waals surface area contributed by atoms with Gasteiger partial charge in [-0.3, -0.25) is 14.4 Å². The summed E-state index contributed by atoms with van der Waals surface area (Å²) < 4.78 is 0. The third-order valence-electron chi connectivity index (χ3n) is 3.47. The molecule has 0 heterocycles. The molecule has 2 aromatic carbocycles. The van der Waals surface area contributed by atoms with E-state index in [1.165, 1.54) is 6.92 Å². The molecule has 0 saturated heterocycles. The van der Waals surface area contributed by atoms with E-state index in [0.717, 1.165) is 5.56 Å². The van der Waals surface area contributed by atoms with Crippen LogP contribution in [0.4, 0.5) is 11.4 Å². The van der Waals surface area contributed by atoms with Crippen LogP contribution in [0.3, 0.4) is 0 Å². The van der Waals surface area contributed by atoms with Gasteiger partial charge in [-0.05, 0) is 49.7 Å². The summed E-state index contributed by atoms with van der Waals surface area (Å²) in [7, 11) is 0. The van der Waals surface area contributed by atoms with Crippen LogP contribution in [0, 0.1) is 0 Å². The van der Waals surface area contributed by atoms with Crippen LogP contribution in [0.5, 0.6) is 0 Å². The first-order valence-corrected chi connectivity index (χ1v) is 8.41. The fourth-order valence-corrected chi connectivity index (χ4v) is 2.41. The second-order valence-corrected chi connectivity index (χ2v) is 6.31. The molecule has 3 N–H and O–H groups in total. The van der Waals surface area contributed by atoms with Gasteiger partial charge in [0.1, 0.15) is 0 Å². The Balaban J connectivity index is 1.99. The molecule has 0 fully saturated rings. The van der Waals surface area contributed by atoms with Crippen LogP contribution in [0.25, 0.3) is 0 Å². The van der Waals surface area contributed by atoms with Gasteiger partial charge in [-0.2, -0.15) is 0 Å². The molecule has 6 nitrogen and oxygen atoms in total. The smallest absolute Gasteiger partial charge is 0.255 e. The molecule has 0 aliphatic carbocycles. The van der Waals surface area contributed by atoms with Crippen LogP contribution in [-0.4, -0.2) is 23.8 Å². The highest BCUT2D eigenvalue weighted by atomic mass is 16.2. The summed E-state index contributed by atoms with van der Waals surface area (Å²) in [6, 6.07) is 13.9. The fraction of sp³-hybridized carbons (Fsp3) is 0.250. The van der Waals surface area contributed by atoms with E-state index >= 15 is 0 Å². The summed E-state index contributed by atoms with van der Waals surface area (Å²) in [6.07, 6.45) is 0.297. The summed E-state index contributed by atoms with van der Waals surface area (Å²) in [4.78, 5) is 35.2. The molecule has 6 heteroatoms. The maximum Gasteiger partial charge on any atom is 0.255 e. The van der Waals surface area contributed by atoms with E-state index in [1.54, 1.807) is 36.4 Å². The van der Waals surface area contributed by atoms with Crippen molar-refractivity contribution in [2.24, 2.45) is 0 Å². The zero-order valence-corrected chi connectivity index (χ0v) is 15.1. The standard InChI is InChI=1S/C20H23N3O3/c1-13(2)21-19(25)11-15-7-9-17(10-8-15)23-20(26)16-5-4-6-18(12-16)22-14(3)24/h4-10,12-13H,11H2,1-3H3,(H,21,25)(H,22,24)(H,23,26). The minimum atomic E-state index is -0.275. The molecule has 0 bridgehead atoms. The number of carbonyl (C=O) groups is 3. The van der Waals surface area contributed by atoms with Crippen LogP contribution in [-0.2, 0) is 16.0 Å². The number of benzene rings is 2. The van der Waals surface area contributed by atoms with Crippen LogP contribution < -0.4 is 16.0 Å². The van der Waals surface area contributed by atoms with E-state index in [2.05, 4.69) is 16.0 Å². The summed E-state index contributed by atoms with van der Waals surface area (Å²) in [5.74, 6) is -0.506. The first-order chi connectivity index (χ1) is 12.3. The summed E-state index contributed by atoms with van der Waals surface area (Å²) in [6.45, 7) is 5.24. The molecule has 3 amide bonds. The maximum absolute atomic E-state index is 12.3. The van der Waals surface area contributed by atoms with Crippen molar-refractivity contribution in [3.05, 3.63) is 59.7 Å². The highest BCUT2D eigenvalue weighted by molar-refractivity contribution is 6.05. The predicted octanol–water partition coefficient (Wildman–Crippen LogP) is 2.96. The van der Waals surface area contributed by atoms with Crippen LogP contribution in [0.2, 0.25) is 0 Å². The van der Waals surface area contributed by atoms with E-state index in [-0.39, 0.29) is 23.8 Å². The summed E-state index contributed by atoms with van der Waals surface area (Å²) in [5, 5.41) is 8.29. The molecule has 0 aromatic heterocycles. The van der Waals surface area contributed by atoms with Gasteiger partial charge in [0.25, 0.3) is 5.91 Å². The van der Waals surface area contributed by atoms with Crippen LogP contribution in [0.1, 0.15) is 36.7 Å². The second kappa shape index (κ2) is 8.80. The number of anilines is 2. The van der Waals surface area contributed by atoms with Gasteiger partial charge in [-0.1, -0.05) is 18.2 Å². The largest absolute Gasteiger partial charge is 0.354 e. The van der Waals surface area contributed by atoms with Crippen molar-refractivity contribution in [3.63, 3.8) is 0 Å². The average Bonchev–Trinajstić information content (AvgIpc) is 2.55. The van der Waals surface area contributed by atoms with Crippen molar-refractivity contribution in [3.8, 4) is 0 Å². The lowest BCUT2D eigenvalue weighted by Crippen LogP contribution is -2.31. The molecular weight excluding hydrogens is 330 g/mol. The van der Waals surface area contributed by atoms with E-state index in [4.69, 9.17) is 0 Å². The van der Waals surface area contributed by atoms with Crippen LogP contribution >= 0.6 is 0 Å². The third-order valence-corrected chi connectivity index (χ3v) is 3.47. The first-order valence-electron chi connectivity index (χ1n) is 8.41. The van der Waals surface area contributed by atoms with E-state index in [0.29, 0.717) is 23.4 Å². The van der Waals surface area contributed by atoms with Gasteiger partial charge in [0.05, 0.1) is 6.42 Å². The van der Waals surface area contributed by atoms with E-state index in [9.17, 15) is 14.4 Å². The zero-order chi connectivity index (χ0) is 19.1. The van der Waals surface area contributed by atoms with Crippen molar-refractivity contribution in [1.82, 2.24) is 5.32 Å². The number of amides is 3. The second-order valence-electron chi connectivity index (χ2n) is 6.31. The van der Waals surface area contributed by atoms with Gasteiger partial charge in [0.15, 0.2) is 0 Å². The fourth-order valence-electron chi connectivity index (χ4n) is 2.41. The Morgan fingerprint density at radius 2 is 1.62 bits per heavy atom. The normalized spacial score (nSPS) is 10.3. The molecule has 0 radical (unpaired) electrons. The van der Waals surface area contributed by atoms with Crippen molar-refractivity contribution in [2.45, 2.75) is 33.2 Å². The van der Waals surface area contributed by atoms with E-state index in [1.807, 2.05) is 26.0 Å². The molecule has 136 valence electrons. The van der Waals surface area contributed by atoms with Gasteiger partial charge in [-0.25, -0.2) is 0 Å². The molecular formula is C20H23N3O3. The number of hydrogen-bond acceptors (Lipinski definition) is 3. The molecule has 26 heavy (non-hydrogen) atoms. The van der Waals surface area contributed by atoms with Crippen molar-refractivity contribution < 1.29 is 14.4 Å². The van der Waals surface area contributed by atoms with Gasteiger partial charge in [-0.15, -0.1) is 0 Å². The zero-order valence-electron chi connectivity index (χ0n) is 15.1. The SMILES string of the molecule is CC(=O)Nc1cccc(C(=O)Nc2ccc(CC(=O)NC(C)C)cc2)c1. The lowest BCUT2D eigenvalue weighted by atomic mass is 10.1. The minimum absolute atomic E-state index is 0.0356. The van der Waals surface area contributed by atoms with Gasteiger partial charge in [0.2, 0.25) is 11.8 Å². The maximum atomic E-state index is 12.3. The Labute approximate surface area is 153 Å². The Morgan fingerprint density at radius 1 is 0.923 bits per heavy atom. The van der Waals surface area contributed by atoms with Gasteiger partial charge < -0.3 is 16.0 Å². The average molecular weight is 353 g/mol. The van der Waals surface area contributed by atoms with Crippen molar-refractivity contribution >= 4 is 29.1 Å².